The van der Waals surface area contributed by atoms with E-state index in [1.807, 2.05) is 43.3 Å². The van der Waals surface area contributed by atoms with Crippen LogP contribution >= 0.6 is 0 Å². The first-order chi connectivity index (χ1) is 14.1. The van der Waals surface area contributed by atoms with Crippen LogP contribution < -0.4 is 19.1 Å². The molecule has 1 heterocycles. The zero-order valence-corrected chi connectivity index (χ0v) is 17.0. The molecule has 0 bridgehead atoms. The van der Waals surface area contributed by atoms with E-state index in [9.17, 15) is 9.59 Å². The minimum absolute atomic E-state index is 0.0274. The third kappa shape index (κ3) is 4.62. The predicted octanol–water partition coefficient (Wildman–Crippen LogP) is 2.87. The third-order valence-corrected chi connectivity index (χ3v) is 4.88. The topological polar surface area (TPSA) is 68.3 Å². The monoisotopic (exact) mass is 398 g/mol. The Balaban J connectivity index is 1.77. The second-order valence-electron chi connectivity index (χ2n) is 6.64. The molecule has 29 heavy (non-hydrogen) atoms. The number of methoxy groups -OCH3 is 2. The largest absolute Gasteiger partial charge is 0.493 e. The van der Waals surface area contributed by atoms with Crippen LogP contribution in [0.3, 0.4) is 0 Å². The Labute approximate surface area is 170 Å². The van der Waals surface area contributed by atoms with Gasteiger partial charge in [0.15, 0.2) is 11.5 Å². The minimum Gasteiger partial charge on any atom is -0.493 e. The van der Waals surface area contributed by atoms with Crippen molar-refractivity contribution in [3.05, 3.63) is 48.0 Å². The van der Waals surface area contributed by atoms with E-state index in [0.717, 1.165) is 5.56 Å². The van der Waals surface area contributed by atoms with E-state index in [4.69, 9.17) is 14.2 Å². The fourth-order valence-corrected chi connectivity index (χ4v) is 3.30. The molecule has 0 aromatic heterocycles. The van der Waals surface area contributed by atoms with Gasteiger partial charge in [0.1, 0.15) is 12.3 Å². The van der Waals surface area contributed by atoms with E-state index in [-0.39, 0.29) is 24.8 Å². The zero-order chi connectivity index (χ0) is 20.8. The van der Waals surface area contributed by atoms with Gasteiger partial charge in [-0.05, 0) is 36.8 Å². The van der Waals surface area contributed by atoms with Crippen molar-refractivity contribution in [2.24, 2.45) is 0 Å². The molecule has 2 amide bonds. The van der Waals surface area contributed by atoms with E-state index in [2.05, 4.69) is 0 Å². The molecule has 1 aliphatic heterocycles. The number of likely N-dealkylation sites (N-methyl/N-ethyl adjacent to an activating group) is 1. The number of hydrogen-bond donors (Lipinski definition) is 0. The minimum atomic E-state index is -0.132. The van der Waals surface area contributed by atoms with Crippen LogP contribution in [0.25, 0.3) is 0 Å². The van der Waals surface area contributed by atoms with Gasteiger partial charge in [0, 0.05) is 13.1 Å². The van der Waals surface area contributed by atoms with E-state index < -0.39 is 0 Å². The Morgan fingerprint density at radius 2 is 1.90 bits per heavy atom. The molecule has 154 valence electrons. The van der Waals surface area contributed by atoms with E-state index in [0.29, 0.717) is 42.6 Å². The summed E-state index contributed by atoms with van der Waals surface area (Å²) in [6.07, 6.45) is 0.240. The summed E-state index contributed by atoms with van der Waals surface area (Å²) < 4.78 is 16.3. The molecule has 7 nitrogen and oxygen atoms in total. The maximum atomic E-state index is 13.0. The Kier molecular flexibility index (Phi) is 6.59. The highest BCUT2D eigenvalue weighted by molar-refractivity contribution is 6.00. The average molecular weight is 398 g/mol. The Hall–Kier alpha value is -3.22. The van der Waals surface area contributed by atoms with Crippen LogP contribution in [0.4, 0.5) is 5.69 Å². The predicted molar refractivity (Wildman–Crippen MR) is 110 cm³/mol. The summed E-state index contributed by atoms with van der Waals surface area (Å²) >= 11 is 0. The molecule has 3 rings (SSSR count). The van der Waals surface area contributed by atoms with Gasteiger partial charge in [-0.2, -0.15) is 0 Å². The molecule has 7 heteroatoms. The zero-order valence-electron chi connectivity index (χ0n) is 17.0. The molecule has 0 saturated heterocycles. The highest BCUT2D eigenvalue weighted by Crippen LogP contribution is 2.31. The molecule has 2 aromatic carbocycles. The standard InChI is InChI=1S/C22H26N2O5/c1-4-23(14-16-9-10-19(27-2)20(13-16)28-3)22(26)15-24-17-7-5-6-8-18(17)29-12-11-21(24)25/h5-10,13H,4,11-12,14-15H2,1-3H3. The SMILES string of the molecule is CCN(Cc1ccc(OC)c(OC)c1)C(=O)CN1C(=O)CCOc2ccccc21. The number of carbonyl (C=O) groups is 2. The lowest BCUT2D eigenvalue weighted by Crippen LogP contribution is -2.42. The van der Waals surface area contributed by atoms with Gasteiger partial charge in [0.2, 0.25) is 11.8 Å². The van der Waals surface area contributed by atoms with Gasteiger partial charge in [-0.15, -0.1) is 0 Å². The second-order valence-corrected chi connectivity index (χ2v) is 6.64. The van der Waals surface area contributed by atoms with Crippen LogP contribution in [-0.2, 0) is 16.1 Å². The number of benzene rings is 2. The number of fused-ring (bicyclic) bond motifs is 1. The fourth-order valence-electron chi connectivity index (χ4n) is 3.30. The number of hydrogen-bond acceptors (Lipinski definition) is 5. The quantitative estimate of drug-likeness (QED) is 0.717. The Bertz CT molecular complexity index is 883. The number of amides is 2. The van der Waals surface area contributed by atoms with Crippen molar-refractivity contribution in [3.8, 4) is 17.2 Å². The molecule has 0 atom stereocenters. The summed E-state index contributed by atoms with van der Waals surface area (Å²) in [6, 6.07) is 12.9. The highest BCUT2D eigenvalue weighted by atomic mass is 16.5. The summed E-state index contributed by atoms with van der Waals surface area (Å²) in [5.41, 5.74) is 1.55. The van der Waals surface area contributed by atoms with Crippen LogP contribution in [-0.4, -0.2) is 50.6 Å². The normalized spacial score (nSPS) is 13.2. The van der Waals surface area contributed by atoms with Crippen LogP contribution in [0.15, 0.2) is 42.5 Å². The van der Waals surface area contributed by atoms with Gasteiger partial charge in [-0.25, -0.2) is 0 Å². The number of rotatable bonds is 7. The number of ether oxygens (including phenoxy) is 3. The molecule has 1 aliphatic rings. The van der Waals surface area contributed by atoms with Crippen molar-refractivity contribution in [2.75, 3.05) is 38.8 Å². The summed E-state index contributed by atoms with van der Waals surface area (Å²) in [6.45, 7) is 3.13. The van der Waals surface area contributed by atoms with Gasteiger partial charge in [0.25, 0.3) is 0 Å². The van der Waals surface area contributed by atoms with Crippen molar-refractivity contribution < 1.29 is 23.8 Å². The number of anilines is 1. The molecular formula is C22H26N2O5. The van der Waals surface area contributed by atoms with Crippen LogP contribution in [0.2, 0.25) is 0 Å². The van der Waals surface area contributed by atoms with E-state index >= 15 is 0 Å². The van der Waals surface area contributed by atoms with Gasteiger partial charge in [-0.1, -0.05) is 18.2 Å². The van der Waals surface area contributed by atoms with Crippen molar-refractivity contribution in [1.29, 1.82) is 0 Å². The summed E-state index contributed by atoms with van der Waals surface area (Å²) in [4.78, 5) is 28.8. The molecule has 2 aromatic rings. The molecule has 0 radical (unpaired) electrons. The first kappa shape index (κ1) is 20.5. The van der Waals surface area contributed by atoms with Gasteiger partial charge in [0.05, 0.1) is 32.9 Å². The first-order valence-electron chi connectivity index (χ1n) is 9.58. The summed E-state index contributed by atoms with van der Waals surface area (Å²) in [5.74, 6) is 1.62. The van der Waals surface area contributed by atoms with Gasteiger partial charge in [-0.3, -0.25) is 14.5 Å². The van der Waals surface area contributed by atoms with E-state index in [1.165, 1.54) is 4.90 Å². The van der Waals surface area contributed by atoms with Gasteiger partial charge < -0.3 is 19.1 Å². The Morgan fingerprint density at radius 1 is 1.14 bits per heavy atom. The molecule has 0 fully saturated rings. The highest BCUT2D eigenvalue weighted by Gasteiger charge is 2.26. The van der Waals surface area contributed by atoms with Crippen LogP contribution in [0.1, 0.15) is 18.9 Å². The molecule has 0 unspecified atom stereocenters. The average Bonchev–Trinajstić information content (AvgIpc) is 2.90. The molecule has 0 aliphatic carbocycles. The molecule has 0 spiro atoms. The van der Waals surface area contributed by atoms with Crippen LogP contribution in [0.5, 0.6) is 17.2 Å². The summed E-state index contributed by atoms with van der Waals surface area (Å²) in [7, 11) is 3.16. The van der Waals surface area contributed by atoms with Crippen molar-refractivity contribution in [3.63, 3.8) is 0 Å². The number of nitrogens with zero attached hydrogens (tertiary/aromatic N) is 2. The maximum absolute atomic E-state index is 13.0. The lowest BCUT2D eigenvalue weighted by molar-refractivity contribution is -0.131. The molecular weight excluding hydrogens is 372 g/mol. The van der Waals surface area contributed by atoms with Crippen molar-refractivity contribution in [1.82, 2.24) is 4.90 Å². The lowest BCUT2D eigenvalue weighted by atomic mass is 10.2. The molecule has 0 saturated carbocycles. The van der Waals surface area contributed by atoms with Crippen molar-refractivity contribution >= 4 is 17.5 Å². The maximum Gasteiger partial charge on any atom is 0.242 e. The van der Waals surface area contributed by atoms with Gasteiger partial charge >= 0.3 is 0 Å². The first-order valence-corrected chi connectivity index (χ1v) is 9.58. The molecule has 0 N–H and O–H groups in total. The Morgan fingerprint density at radius 3 is 2.62 bits per heavy atom. The van der Waals surface area contributed by atoms with E-state index in [1.54, 1.807) is 25.2 Å². The lowest BCUT2D eigenvalue weighted by Gasteiger charge is -2.26. The van der Waals surface area contributed by atoms with Crippen molar-refractivity contribution in [2.45, 2.75) is 19.9 Å². The smallest absolute Gasteiger partial charge is 0.242 e. The number of carbonyl (C=O) groups excluding carboxylic acids is 2. The third-order valence-electron chi connectivity index (χ3n) is 4.88. The summed E-state index contributed by atoms with van der Waals surface area (Å²) in [5, 5.41) is 0. The van der Waals surface area contributed by atoms with Crippen LogP contribution in [0, 0.1) is 0 Å². The second kappa shape index (κ2) is 9.32. The fraction of sp³-hybridized carbons (Fsp3) is 0.364. The number of para-hydroxylation sites is 2.